The minimum absolute atomic E-state index is 0.0579. The third-order valence-corrected chi connectivity index (χ3v) is 3.46. The molecule has 2 rings (SSSR count). The lowest BCUT2D eigenvalue weighted by molar-refractivity contribution is 0.102. The molecule has 0 aliphatic heterocycles. The summed E-state index contributed by atoms with van der Waals surface area (Å²) >= 11 is 9.07. The van der Waals surface area contributed by atoms with E-state index in [0.29, 0.717) is 11.4 Å². The standard InChI is InChI=1S/C13H9BrClFN2O/c14-10-4-2-8(6-12(10)17)18-13(19)9-3-1-7(16)5-11(9)15/h1-6H,17H2,(H,18,19). The highest BCUT2D eigenvalue weighted by Gasteiger charge is 2.11. The molecule has 0 aromatic heterocycles. The highest BCUT2D eigenvalue weighted by molar-refractivity contribution is 9.10. The summed E-state index contributed by atoms with van der Waals surface area (Å²) in [5, 5.41) is 2.70. The van der Waals surface area contributed by atoms with E-state index in [1.54, 1.807) is 18.2 Å². The minimum atomic E-state index is -0.491. The van der Waals surface area contributed by atoms with Crippen molar-refractivity contribution in [2.45, 2.75) is 0 Å². The maximum Gasteiger partial charge on any atom is 0.257 e. The molecule has 0 atom stereocenters. The van der Waals surface area contributed by atoms with Crippen molar-refractivity contribution >= 4 is 44.8 Å². The van der Waals surface area contributed by atoms with Crippen LogP contribution in [0.3, 0.4) is 0 Å². The third kappa shape index (κ3) is 3.24. The number of hydrogen-bond donors (Lipinski definition) is 2. The summed E-state index contributed by atoms with van der Waals surface area (Å²) in [6.07, 6.45) is 0. The van der Waals surface area contributed by atoms with E-state index in [-0.39, 0.29) is 10.6 Å². The van der Waals surface area contributed by atoms with E-state index in [0.717, 1.165) is 10.5 Å². The van der Waals surface area contributed by atoms with E-state index in [1.807, 2.05) is 0 Å². The molecule has 6 heteroatoms. The Morgan fingerprint density at radius 2 is 2.00 bits per heavy atom. The Morgan fingerprint density at radius 1 is 1.26 bits per heavy atom. The van der Waals surface area contributed by atoms with Crippen molar-refractivity contribution in [2.75, 3.05) is 11.1 Å². The van der Waals surface area contributed by atoms with Crippen molar-refractivity contribution in [3.05, 3.63) is 57.3 Å². The normalized spacial score (nSPS) is 10.3. The number of carbonyl (C=O) groups is 1. The average Bonchev–Trinajstić information content (AvgIpc) is 2.33. The van der Waals surface area contributed by atoms with Crippen LogP contribution in [0.15, 0.2) is 40.9 Å². The Bertz CT molecular complexity index is 649. The molecule has 0 saturated carbocycles. The second-order valence-electron chi connectivity index (χ2n) is 3.81. The number of halogens is 3. The van der Waals surface area contributed by atoms with Gasteiger partial charge in [0.15, 0.2) is 0 Å². The number of carbonyl (C=O) groups excluding carboxylic acids is 1. The lowest BCUT2D eigenvalue weighted by atomic mass is 10.2. The zero-order chi connectivity index (χ0) is 14.0. The molecule has 3 N–H and O–H groups in total. The smallest absolute Gasteiger partial charge is 0.257 e. The molecular formula is C13H9BrClFN2O. The molecule has 0 radical (unpaired) electrons. The van der Waals surface area contributed by atoms with Crippen molar-refractivity contribution in [3.8, 4) is 0 Å². The van der Waals surface area contributed by atoms with Gasteiger partial charge < -0.3 is 11.1 Å². The fourth-order valence-corrected chi connectivity index (χ4v) is 1.99. The van der Waals surface area contributed by atoms with Crippen molar-refractivity contribution < 1.29 is 9.18 Å². The predicted molar refractivity (Wildman–Crippen MR) is 77.9 cm³/mol. The van der Waals surface area contributed by atoms with Crippen molar-refractivity contribution in [1.82, 2.24) is 0 Å². The SMILES string of the molecule is Nc1cc(NC(=O)c2ccc(F)cc2Cl)ccc1Br. The summed E-state index contributed by atoms with van der Waals surface area (Å²) in [7, 11) is 0. The second-order valence-corrected chi connectivity index (χ2v) is 5.08. The Labute approximate surface area is 122 Å². The van der Waals surface area contributed by atoms with Gasteiger partial charge in [-0.25, -0.2) is 4.39 Å². The molecule has 0 spiro atoms. The average molecular weight is 344 g/mol. The number of nitrogen functional groups attached to an aromatic ring is 1. The summed E-state index contributed by atoms with van der Waals surface area (Å²) in [4.78, 5) is 12.0. The highest BCUT2D eigenvalue weighted by Crippen LogP contribution is 2.24. The minimum Gasteiger partial charge on any atom is -0.398 e. The number of rotatable bonds is 2. The lowest BCUT2D eigenvalue weighted by Crippen LogP contribution is -2.12. The van der Waals surface area contributed by atoms with E-state index >= 15 is 0 Å². The van der Waals surface area contributed by atoms with Gasteiger partial charge in [0.2, 0.25) is 0 Å². The van der Waals surface area contributed by atoms with Crippen LogP contribution in [-0.2, 0) is 0 Å². The number of hydrogen-bond acceptors (Lipinski definition) is 2. The molecule has 3 nitrogen and oxygen atoms in total. The maximum atomic E-state index is 12.9. The zero-order valence-corrected chi connectivity index (χ0v) is 11.9. The second kappa shape index (κ2) is 5.59. The van der Waals surface area contributed by atoms with Gasteiger partial charge >= 0.3 is 0 Å². The van der Waals surface area contributed by atoms with E-state index in [4.69, 9.17) is 17.3 Å². The molecule has 19 heavy (non-hydrogen) atoms. The van der Waals surface area contributed by atoms with Crippen molar-refractivity contribution in [1.29, 1.82) is 0 Å². The van der Waals surface area contributed by atoms with Crippen LogP contribution in [0.2, 0.25) is 5.02 Å². The van der Waals surface area contributed by atoms with E-state index in [1.165, 1.54) is 12.1 Å². The van der Waals surface area contributed by atoms with Gasteiger partial charge in [-0.2, -0.15) is 0 Å². The zero-order valence-electron chi connectivity index (χ0n) is 9.58. The maximum absolute atomic E-state index is 12.9. The van der Waals surface area contributed by atoms with E-state index in [2.05, 4.69) is 21.2 Å². The molecule has 2 aromatic rings. The van der Waals surface area contributed by atoms with Gasteiger partial charge in [0.25, 0.3) is 5.91 Å². The van der Waals surface area contributed by atoms with Crippen LogP contribution in [0.4, 0.5) is 15.8 Å². The predicted octanol–water partition coefficient (Wildman–Crippen LogP) is 4.08. The molecule has 98 valence electrons. The van der Waals surface area contributed by atoms with Gasteiger partial charge in [0.05, 0.1) is 10.6 Å². The van der Waals surface area contributed by atoms with Gasteiger partial charge in [-0.1, -0.05) is 11.6 Å². The highest BCUT2D eigenvalue weighted by atomic mass is 79.9. The molecule has 0 aliphatic carbocycles. The van der Waals surface area contributed by atoms with E-state index in [9.17, 15) is 9.18 Å². The number of nitrogens with one attached hydrogen (secondary N) is 1. The number of anilines is 2. The fraction of sp³-hybridized carbons (Fsp3) is 0. The first-order chi connectivity index (χ1) is 8.97. The molecule has 0 fully saturated rings. The van der Waals surface area contributed by atoms with Crippen molar-refractivity contribution in [2.24, 2.45) is 0 Å². The van der Waals surface area contributed by atoms with Crippen LogP contribution >= 0.6 is 27.5 Å². The van der Waals surface area contributed by atoms with Gasteiger partial charge in [-0.05, 0) is 52.3 Å². The van der Waals surface area contributed by atoms with Crippen LogP contribution in [0.25, 0.3) is 0 Å². The molecule has 0 aliphatic rings. The van der Waals surface area contributed by atoms with Gasteiger partial charge in [0.1, 0.15) is 5.82 Å². The third-order valence-electron chi connectivity index (χ3n) is 2.43. The first kappa shape index (κ1) is 13.8. The summed E-state index contributed by atoms with van der Waals surface area (Å²) in [6, 6.07) is 8.62. The summed E-state index contributed by atoms with van der Waals surface area (Å²) < 4.78 is 13.6. The van der Waals surface area contributed by atoms with Gasteiger partial charge in [0, 0.05) is 15.8 Å². The van der Waals surface area contributed by atoms with E-state index < -0.39 is 11.7 Å². The van der Waals surface area contributed by atoms with Crippen LogP contribution in [0, 0.1) is 5.82 Å². The van der Waals surface area contributed by atoms with Crippen LogP contribution in [0.1, 0.15) is 10.4 Å². The van der Waals surface area contributed by atoms with Gasteiger partial charge in [-0.3, -0.25) is 4.79 Å². The Balaban J connectivity index is 2.23. The lowest BCUT2D eigenvalue weighted by Gasteiger charge is -2.08. The monoisotopic (exact) mass is 342 g/mol. The molecular weight excluding hydrogens is 335 g/mol. The molecule has 2 aromatic carbocycles. The number of amides is 1. The molecule has 1 amide bonds. The number of benzene rings is 2. The van der Waals surface area contributed by atoms with Crippen LogP contribution < -0.4 is 11.1 Å². The summed E-state index contributed by atoms with van der Waals surface area (Å²) in [5.41, 5.74) is 6.95. The summed E-state index contributed by atoms with van der Waals surface area (Å²) in [5.74, 6) is -0.916. The molecule has 0 heterocycles. The Kier molecular flexibility index (Phi) is 4.07. The molecule has 0 saturated heterocycles. The first-order valence-electron chi connectivity index (χ1n) is 5.29. The summed E-state index contributed by atoms with van der Waals surface area (Å²) in [6.45, 7) is 0. The Morgan fingerprint density at radius 3 is 2.63 bits per heavy atom. The first-order valence-corrected chi connectivity index (χ1v) is 6.46. The number of nitrogens with two attached hydrogens (primary N) is 1. The van der Waals surface area contributed by atoms with Gasteiger partial charge in [-0.15, -0.1) is 0 Å². The topological polar surface area (TPSA) is 55.1 Å². The molecule has 0 unspecified atom stereocenters. The fourth-order valence-electron chi connectivity index (χ4n) is 1.49. The van der Waals surface area contributed by atoms with Crippen LogP contribution in [-0.4, -0.2) is 5.91 Å². The molecule has 0 bridgehead atoms. The Hall–Kier alpha value is -1.59. The largest absolute Gasteiger partial charge is 0.398 e. The van der Waals surface area contributed by atoms with Crippen molar-refractivity contribution in [3.63, 3.8) is 0 Å². The quantitative estimate of drug-likeness (QED) is 0.807. The van der Waals surface area contributed by atoms with Crippen LogP contribution in [0.5, 0.6) is 0 Å².